The Balaban J connectivity index is 2.16. The zero-order chi connectivity index (χ0) is 15.6. The van der Waals surface area contributed by atoms with Crippen molar-refractivity contribution in [3.8, 4) is 0 Å². The van der Waals surface area contributed by atoms with Gasteiger partial charge in [-0.05, 0) is 58.5 Å². The smallest absolute Gasteiger partial charge is 0.175 e. The average Bonchev–Trinajstić information content (AvgIpc) is 2.37. The van der Waals surface area contributed by atoms with E-state index in [9.17, 15) is 4.39 Å². The van der Waals surface area contributed by atoms with Gasteiger partial charge in [-0.1, -0.05) is 43.5 Å². The number of nitrogens with one attached hydrogen (secondary N) is 2. The molecule has 0 aliphatic rings. The highest BCUT2D eigenvalue weighted by Crippen LogP contribution is 2.30. The minimum absolute atomic E-state index is 0.237. The van der Waals surface area contributed by atoms with E-state index in [0.29, 0.717) is 19.7 Å². The minimum Gasteiger partial charge on any atom is -0.331 e. The Morgan fingerprint density at radius 2 is 1.76 bits per heavy atom. The molecule has 0 atom stereocenters. The van der Waals surface area contributed by atoms with Crippen LogP contribution >= 0.6 is 71.6 Å². The molecule has 0 saturated carbocycles. The molecule has 0 fully saturated rings. The second-order valence-corrected chi connectivity index (χ2v) is 7.45. The number of rotatable bonds is 2. The van der Waals surface area contributed by atoms with Gasteiger partial charge in [0.2, 0.25) is 0 Å². The van der Waals surface area contributed by atoms with Crippen molar-refractivity contribution in [3.05, 3.63) is 54.6 Å². The summed E-state index contributed by atoms with van der Waals surface area (Å²) in [5.41, 5.74) is 0.884. The van der Waals surface area contributed by atoms with Gasteiger partial charge in [0.05, 0.1) is 16.4 Å². The van der Waals surface area contributed by atoms with Gasteiger partial charge in [-0.15, -0.1) is 0 Å². The van der Waals surface area contributed by atoms with Gasteiger partial charge in [-0.2, -0.15) is 0 Å². The van der Waals surface area contributed by atoms with E-state index < -0.39 is 5.82 Å². The topological polar surface area (TPSA) is 24.1 Å². The van der Waals surface area contributed by atoms with Crippen molar-refractivity contribution < 1.29 is 4.39 Å². The van der Waals surface area contributed by atoms with Crippen LogP contribution in [0.5, 0.6) is 0 Å². The summed E-state index contributed by atoms with van der Waals surface area (Å²) >= 11 is 21.1. The lowest BCUT2D eigenvalue weighted by Gasteiger charge is -2.14. The van der Waals surface area contributed by atoms with Gasteiger partial charge in [-0.25, -0.2) is 4.39 Å². The van der Waals surface area contributed by atoms with Gasteiger partial charge in [0.15, 0.2) is 5.11 Å². The first kappa shape index (κ1) is 17.1. The quantitative estimate of drug-likeness (QED) is 0.441. The van der Waals surface area contributed by atoms with Gasteiger partial charge in [0, 0.05) is 13.4 Å². The van der Waals surface area contributed by atoms with Crippen LogP contribution in [0.3, 0.4) is 0 Å². The van der Waals surface area contributed by atoms with Crippen molar-refractivity contribution in [2.45, 2.75) is 0 Å². The van der Waals surface area contributed by atoms with Crippen LogP contribution in [0.15, 0.2) is 43.7 Å². The number of anilines is 2. The molecule has 2 aromatic carbocycles. The van der Waals surface area contributed by atoms with Crippen LogP contribution in [0.1, 0.15) is 0 Å². The molecular weight excluding hydrogens is 510 g/mol. The van der Waals surface area contributed by atoms with Gasteiger partial charge in [-0.3, -0.25) is 0 Å². The standard InChI is InChI=1S/C13H7Br3ClFN2S/c14-6-1-2-11(9(17)4-6)19-13(21)20-12-8(16)3-7(15)5-10(12)18/h1-5H,(H2,19,20,21). The van der Waals surface area contributed by atoms with Crippen molar-refractivity contribution in [3.63, 3.8) is 0 Å². The molecule has 8 heteroatoms. The molecular formula is C13H7Br3ClFN2S. The molecule has 0 aliphatic heterocycles. The molecule has 0 heterocycles. The minimum atomic E-state index is -0.428. The molecule has 2 N–H and O–H groups in total. The zero-order valence-corrected chi connectivity index (χ0v) is 16.5. The van der Waals surface area contributed by atoms with Gasteiger partial charge in [0.25, 0.3) is 0 Å². The average molecular weight is 517 g/mol. The molecule has 0 saturated heterocycles. The molecule has 0 bridgehead atoms. The van der Waals surface area contributed by atoms with E-state index in [2.05, 4.69) is 58.4 Å². The third-order valence-electron chi connectivity index (χ3n) is 2.42. The monoisotopic (exact) mass is 514 g/mol. The van der Waals surface area contributed by atoms with Crippen LogP contribution in [-0.4, -0.2) is 5.11 Å². The van der Waals surface area contributed by atoms with Crippen LogP contribution in [0.4, 0.5) is 15.8 Å². The summed E-state index contributed by atoms with van der Waals surface area (Å²) in [6.07, 6.45) is 0. The summed E-state index contributed by atoms with van der Waals surface area (Å²) in [7, 11) is 0. The molecule has 0 radical (unpaired) electrons. The highest BCUT2D eigenvalue weighted by molar-refractivity contribution is 9.11. The maximum atomic E-state index is 13.9. The summed E-state index contributed by atoms with van der Waals surface area (Å²) in [6, 6.07) is 8.41. The van der Waals surface area contributed by atoms with Crippen LogP contribution < -0.4 is 10.6 Å². The van der Waals surface area contributed by atoms with E-state index in [1.165, 1.54) is 6.07 Å². The summed E-state index contributed by atoms with van der Waals surface area (Å²) in [5, 5.41) is 6.47. The molecule has 110 valence electrons. The maximum Gasteiger partial charge on any atom is 0.175 e. The van der Waals surface area contributed by atoms with E-state index >= 15 is 0 Å². The molecule has 0 unspecified atom stereocenters. The third-order valence-corrected chi connectivity index (χ3v) is 4.52. The first-order valence-corrected chi connectivity index (χ1v) is 8.71. The lowest BCUT2D eigenvalue weighted by molar-refractivity contribution is 0.630. The highest BCUT2D eigenvalue weighted by Gasteiger charge is 2.11. The van der Waals surface area contributed by atoms with Crippen LogP contribution in [0.2, 0.25) is 5.02 Å². The number of hydrogen-bond donors (Lipinski definition) is 2. The third kappa shape index (κ3) is 4.63. The molecule has 21 heavy (non-hydrogen) atoms. The fraction of sp³-hybridized carbons (Fsp3) is 0. The highest BCUT2D eigenvalue weighted by atomic mass is 79.9. The van der Waals surface area contributed by atoms with Crippen molar-refractivity contribution >= 4 is 88.1 Å². The summed E-state index contributed by atoms with van der Waals surface area (Å²) in [6.45, 7) is 0. The Morgan fingerprint density at radius 3 is 2.38 bits per heavy atom. The Kier molecular flexibility index (Phi) is 6.02. The molecule has 0 aliphatic carbocycles. The fourth-order valence-corrected chi connectivity index (χ4v) is 3.72. The molecule has 2 nitrogen and oxygen atoms in total. The predicted octanol–water partition coefficient (Wildman–Crippen LogP) is 6.58. The van der Waals surface area contributed by atoms with Crippen molar-refractivity contribution in [2.75, 3.05) is 10.6 Å². The predicted molar refractivity (Wildman–Crippen MR) is 101 cm³/mol. The maximum absolute atomic E-state index is 13.9. The van der Waals surface area contributed by atoms with Crippen molar-refractivity contribution in [1.29, 1.82) is 0 Å². The van der Waals surface area contributed by atoms with E-state index in [-0.39, 0.29) is 10.8 Å². The molecule has 0 amide bonds. The zero-order valence-electron chi connectivity index (χ0n) is 10.2. The summed E-state index contributed by atoms with van der Waals surface area (Å²) in [4.78, 5) is 0. The normalized spacial score (nSPS) is 10.3. The Bertz CT molecular complexity index is 689. The number of thiocarbonyl (C=S) groups is 1. The van der Waals surface area contributed by atoms with Gasteiger partial charge < -0.3 is 10.6 Å². The van der Waals surface area contributed by atoms with Gasteiger partial charge in [0.1, 0.15) is 5.82 Å². The SMILES string of the molecule is Fc1cc(Br)cc(Br)c1NC(=S)Nc1ccc(Br)cc1Cl. The first-order chi connectivity index (χ1) is 9.86. The lowest BCUT2D eigenvalue weighted by atomic mass is 10.3. The van der Waals surface area contributed by atoms with Crippen molar-refractivity contribution in [1.82, 2.24) is 0 Å². The van der Waals surface area contributed by atoms with E-state index in [1.807, 2.05) is 6.07 Å². The first-order valence-electron chi connectivity index (χ1n) is 5.54. The van der Waals surface area contributed by atoms with Crippen LogP contribution in [0.25, 0.3) is 0 Å². The van der Waals surface area contributed by atoms with E-state index in [0.717, 1.165) is 4.47 Å². The summed E-state index contributed by atoms with van der Waals surface area (Å²) in [5.74, 6) is -0.428. The second-order valence-electron chi connectivity index (χ2n) is 3.95. The molecule has 0 aromatic heterocycles. The molecule has 2 rings (SSSR count). The van der Waals surface area contributed by atoms with E-state index in [1.54, 1.807) is 18.2 Å². The largest absolute Gasteiger partial charge is 0.331 e. The van der Waals surface area contributed by atoms with Gasteiger partial charge >= 0.3 is 0 Å². The Morgan fingerprint density at radius 1 is 1.05 bits per heavy atom. The van der Waals surface area contributed by atoms with Crippen LogP contribution in [-0.2, 0) is 0 Å². The number of benzene rings is 2. The lowest BCUT2D eigenvalue weighted by Crippen LogP contribution is -2.20. The Hall–Kier alpha value is -0.210. The van der Waals surface area contributed by atoms with Crippen LogP contribution in [0, 0.1) is 5.82 Å². The number of halogens is 5. The van der Waals surface area contributed by atoms with E-state index in [4.69, 9.17) is 23.8 Å². The Labute approximate surface area is 156 Å². The molecule has 2 aromatic rings. The summed E-state index contributed by atoms with van der Waals surface area (Å²) < 4.78 is 15.9. The fourth-order valence-electron chi connectivity index (χ4n) is 1.52. The molecule has 0 spiro atoms. The second kappa shape index (κ2) is 7.37. The van der Waals surface area contributed by atoms with Crippen molar-refractivity contribution in [2.24, 2.45) is 0 Å². The number of hydrogen-bond acceptors (Lipinski definition) is 1.